The maximum Gasteiger partial charge on any atom is 0.410 e. The molecule has 0 aromatic carbocycles. The minimum atomic E-state index is -1.70. The zero-order chi connectivity index (χ0) is 13.3. The molecule has 0 radical (unpaired) electrons. The molecule has 1 saturated heterocycles. The van der Waals surface area contributed by atoms with Crippen LogP contribution in [-0.4, -0.2) is 39.3 Å². The molecule has 0 aromatic rings. The monoisotopic (exact) mass is 301 g/mol. The van der Waals surface area contributed by atoms with Gasteiger partial charge in [0.15, 0.2) is 5.60 Å². The molecule has 1 rings (SSSR count). The molecule has 1 heterocycles. The molecule has 4 nitrogen and oxygen atoms in total. The molecule has 1 aliphatic rings. The van der Waals surface area contributed by atoms with Crippen LogP contribution in [0.4, 0.5) is 4.79 Å². The van der Waals surface area contributed by atoms with E-state index in [0.717, 1.165) is 0 Å². The first kappa shape index (κ1) is 14.9. The van der Waals surface area contributed by atoms with Crippen LogP contribution >= 0.6 is 34.8 Å². The highest BCUT2D eigenvalue weighted by Gasteiger charge is 2.45. The van der Waals surface area contributed by atoms with E-state index in [1.807, 2.05) is 0 Å². The molecule has 1 amide bonds. The topological polar surface area (TPSA) is 46.6 Å². The van der Waals surface area contributed by atoms with E-state index < -0.39 is 15.5 Å². The summed E-state index contributed by atoms with van der Waals surface area (Å²) in [6.45, 7) is 3.75. The van der Waals surface area contributed by atoms with Gasteiger partial charge in [0.05, 0.1) is 0 Å². The maximum atomic E-state index is 11.8. The number of nitrogens with zero attached hydrogens (tertiary/aromatic N) is 1. The highest BCUT2D eigenvalue weighted by atomic mass is 35.6. The summed E-state index contributed by atoms with van der Waals surface area (Å²) in [5.41, 5.74) is -1.23. The SMILES string of the molecule is CC(C)(OC(=O)N1CCC(=O)CC1)C(Cl)(Cl)Cl. The summed E-state index contributed by atoms with van der Waals surface area (Å²) in [4.78, 5) is 24.3. The van der Waals surface area contributed by atoms with Gasteiger partial charge in [-0.3, -0.25) is 4.79 Å². The number of halogens is 3. The van der Waals surface area contributed by atoms with Crippen LogP contribution in [0.25, 0.3) is 0 Å². The van der Waals surface area contributed by atoms with Gasteiger partial charge in [-0.05, 0) is 13.8 Å². The van der Waals surface area contributed by atoms with Gasteiger partial charge in [0.1, 0.15) is 5.78 Å². The van der Waals surface area contributed by atoms with Crippen LogP contribution in [0, 0.1) is 0 Å². The molecule has 0 atom stereocenters. The van der Waals surface area contributed by atoms with Crippen LogP contribution in [-0.2, 0) is 9.53 Å². The van der Waals surface area contributed by atoms with Crippen molar-refractivity contribution in [2.24, 2.45) is 0 Å². The first-order chi connectivity index (χ1) is 7.63. The number of likely N-dealkylation sites (tertiary alicyclic amines) is 1. The summed E-state index contributed by atoms with van der Waals surface area (Å²) in [6, 6.07) is 0. The summed E-state index contributed by atoms with van der Waals surface area (Å²) in [5, 5.41) is 0. The molecule has 0 aliphatic carbocycles. The maximum absolute atomic E-state index is 11.8. The zero-order valence-corrected chi connectivity index (χ0v) is 11.9. The van der Waals surface area contributed by atoms with Gasteiger partial charge < -0.3 is 9.64 Å². The molecule has 1 fully saturated rings. The molecule has 7 heteroatoms. The van der Waals surface area contributed by atoms with E-state index in [0.29, 0.717) is 25.9 Å². The molecule has 17 heavy (non-hydrogen) atoms. The summed E-state index contributed by atoms with van der Waals surface area (Å²) in [6.07, 6.45) is 0.140. The van der Waals surface area contributed by atoms with Gasteiger partial charge in [0.2, 0.25) is 3.79 Å². The number of ether oxygens (including phenoxy) is 1. The fourth-order valence-electron chi connectivity index (χ4n) is 1.28. The Balaban J connectivity index is 2.58. The first-order valence-electron chi connectivity index (χ1n) is 5.20. The lowest BCUT2D eigenvalue weighted by Crippen LogP contribution is -2.47. The Hall–Kier alpha value is -0.190. The molecule has 0 saturated carbocycles. The predicted molar refractivity (Wildman–Crippen MR) is 66.7 cm³/mol. The lowest BCUT2D eigenvalue weighted by molar-refractivity contribution is -0.121. The van der Waals surface area contributed by atoms with Crippen molar-refractivity contribution in [3.8, 4) is 0 Å². The quantitative estimate of drug-likeness (QED) is 0.700. The smallest absolute Gasteiger partial charge is 0.410 e. The lowest BCUT2D eigenvalue weighted by Gasteiger charge is -2.35. The van der Waals surface area contributed by atoms with Crippen molar-refractivity contribution in [2.45, 2.75) is 36.1 Å². The number of hydrogen-bond donors (Lipinski definition) is 0. The number of Topliss-reactive ketones (excluding diaryl/α,β-unsaturated/α-hetero) is 1. The molecule has 1 aliphatic heterocycles. The van der Waals surface area contributed by atoms with Gasteiger partial charge in [-0.2, -0.15) is 0 Å². The highest BCUT2D eigenvalue weighted by Crippen LogP contribution is 2.40. The largest absolute Gasteiger partial charge is 0.439 e. The highest BCUT2D eigenvalue weighted by molar-refractivity contribution is 6.68. The Morgan fingerprint density at radius 3 is 2.12 bits per heavy atom. The molecule has 98 valence electrons. The standard InChI is InChI=1S/C10H14Cl3NO3/c1-9(2,10(11,12)13)17-8(16)14-5-3-7(15)4-6-14/h3-6H2,1-2H3. The first-order valence-corrected chi connectivity index (χ1v) is 6.33. The van der Waals surface area contributed by atoms with Gasteiger partial charge >= 0.3 is 6.09 Å². The summed E-state index contributed by atoms with van der Waals surface area (Å²) >= 11 is 17.1. The van der Waals surface area contributed by atoms with Gasteiger partial charge in [-0.1, -0.05) is 34.8 Å². The number of alkyl halides is 3. The fourth-order valence-corrected chi connectivity index (χ4v) is 1.40. The second kappa shape index (κ2) is 5.21. The Morgan fingerprint density at radius 1 is 1.24 bits per heavy atom. The number of rotatable bonds is 1. The number of carbonyl (C=O) groups excluding carboxylic acids is 2. The van der Waals surface area contributed by atoms with E-state index >= 15 is 0 Å². The van der Waals surface area contributed by atoms with Crippen LogP contribution < -0.4 is 0 Å². The summed E-state index contributed by atoms with van der Waals surface area (Å²) in [7, 11) is 0. The Labute approximate surface area is 115 Å². The van der Waals surface area contributed by atoms with E-state index in [-0.39, 0.29) is 5.78 Å². The molecular formula is C10H14Cl3NO3. The van der Waals surface area contributed by atoms with Crippen LogP contribution in [0.3, 0.4) is 0 Å². The number of carbonyl (C=O) groups is 2. The minimum absolute atomic E-state index is 0.148. The van der Waals surface area contributed by atoms with Gasteiger partial charge in [-0.15, -0.1) is 0 Å². The Kier molecular flexibility index (Phi) is 4.55. The van der Waals surface area contributed by atoms with Crippen molar-refractivity contribution in [1.29, 1.82) is 0 Å². The van der Waals surface area contributed by atoms with Crippen LogP contribution in [0.2, 0.25) is 0 Å². The van der Waals surface area contributed by atoms with Crippen molar-refractivity contribution in [3.05, 3.63) is 0 Å². The number of hydrogen-bond acceptors (Lipinski definition) is 3. The number of amides is 1. The van der Waals surface area contributed by atoms with Crippen LogP contribution in [0.5, 0.6) is 0 Å². The second-order valence-corrected chi connectivity index (χ2v) is 6.68. The third-order valence-corrected chi connectivity index (χ3v) is 3.97. The van der Waals surface area contributed by atoms with Crippen LogP contribution in [0.1, 0.15) is 26.7 Å². The second-order valence-electron chi connectivity index (χ2n) is 4.40. The third kappa shape index (κ3) is 3.90. The van der Waals surface area contributed by atoms with Crippen LogP contribution in [0.15, 0.2) is 0 Å². The van der Waals surface area contributed by atoms with E-state index in [9.17, 15) is 9.59 Å². The van der Waals surface area contributed by atoms with E-state index in [1.165, 1.54) is 18.7 Å². The van der Waals surface area contributed by atoms with Crippen molar-refractivity contribution >= 4 is 46.7 Å². The van der Waals surface area contributed by atoms with Crippen molar-refractivity contribution in [3.63, 3.8) is 0 Å². The summed E-state index contributed by atoms with van der Waals surface area (Å²) < 4.78 is 3.46. The minimum Gasteiger partial charge on any atom is -0.439 e. The Morgan fingerprint density at radius 2 is 1.71 bits per heavy atom. The molecule has 0 unspecified atom stereocenters. The summed E-state index contributed by atoms with van der Waals surface area (Å²) in [5.74, 6) is 0.148. The molecule has 0 spiro atoms. The van der Waals surface area contributed by atoms with Gasteiger partial charge in [0.25, 0.3) is 0 Å². The number of piperidine rings is 1. The average Bonchev–Trinajstić information content (AvgIpc) is 2.16. The lowest BCUT2D eigenvalue weighted by atomic mass is 10.1. The molecule has 0 bridgehead atoms. The predicted octanol–water partition coefficient (Wildman–Crippen LogP) is 2.94. The zero-order valence-electron chi connectivity index (χ0n) is 9.63. The molecular weight excluding hydrogens is 288 g/mol. The van der Waals surface area contributed by atoms with E-state index in [2.05, 4.69) is 0 Å². The normalized spacial score (nSPS) is 18.2. The fraction of sp³-hybridized carbons (Fsp3) is 0.800. The molecule has 0 aromatic heterocycles. The Bertz CT molecular complexity index is 315. The van der Waals surface area contributed by atoms with Gasteiger partial charge in [0, 0.05) is 25.9 Å². The average molecular weight is 303 g/mol. The van der Waals surface area contributed by atoms with E-state index in [1.54, 1.807) is 0 Å². The van der Waals surface area contributed by atoms with E-state index in [4.69, 9.17) is 39.5 Å². The van der Waals surface area contributed by atoms with Crippen molar-refractivity contribution < 1.29 is 14.3 Å². The number of ketones is 1. The van der Waals surface area contributed by atoms with Crippen molar-refractivity contribution in [2.75, 3.05) is 13.1 Å². The van der Waals surface area contributed by atoms with Crippen molar-refractivity contribution in [1.82, 2.24) is 4.90 Å². The third-order valence-electron chi connectivity index (χ3n) is 2.60. The van der Waals surface area contributed by atoms with Gasteiger partial charge in [-0.25, -0.2) is 4.79 Å². The molecule has 0 N–H and O–H groups in total.